The van der Waals surface area contributed by atoms with Gasteiger partial charge in [0.25, 0.3) is 0 Å². The first-order chi connectivity index (χ1) is 14.3. The molecule has 0 saturated carbocycles. The number of hydrogen-bond donors (Lipinski definition) is 1. The Labute approximate surface area is 191 Å². The number of aromatic nitrogens is 2. The molecule has 3 heterocycles. The molecule has 0 spiro atoms. The van der Waals surface area contributed by atoms with Crippen molar-refractivity contribution in [3.05, 3.63) is 29.1 Å². The van der Waals surface area contributed by atoms with E-state index >= 15 is 0 Å². The topological polar surface area (TPSA) is 87.4 Å². The van der Waals surface area contributed by atoms with Crippen LogP contribution < -0.4 is 4.90 Å². The van der Waals surface area contributed by atoms with Gasteiger partial charge in [-0.3, -0.25) is 9.30 Å². The standard InChI is InChI=1S/C22H31BrN4O4/c1-21(2,3)18-15(8-7-11-25(18)19(28)29)27(20(30)31-22(4,5)6)14-9-10-17-24-12-16(23)26(17)13-14/h9-10,12-13,15,18H,7-8,11H2,1-6H3,(H,28,29)/t15?,18-/m0/s1. The van der Waals surface area contributed by atoms with Gasteiger partial charge in [-0.1, -0.05) is 20.8 Å². The van der Waals surface area contributed by atoms with E-state index in [1.165, 1.54) is 4.90 Å². The van der Waals surface area contributed by atoms with Crippen LogP contribution in [0.5, 0.6) is 0 Å². The van der Waals surface area contributed by atoms with Crippen LogP contribution in [0.15, 0.2) is 29.1 Å². The molecule has 1 aliphatic heterocycles. The molecule has 1 saturated heterocycles. The van der Waals surface area contributed by atoms with Crippen LogP contribution in [0.2, 0.25) is 0 Å². The summed E-state index contributed by atoms with van der Waals surface area (Å²) in [5.41, 5.74) is 0.298. The minimum atomic E-state index is -0.971. The molecule has 2 amide bonds. The second-order valence-corrected chi connectivity index (χ2v) is 10.9. The number of halogens is 1. The van der Waals surface area contributed by atoms with Crippen LogP contribution in [0, 0.1) is 5.41 Å². The van der Waals surface area contributed by atoms with Crippen molar-refractivity contribution in [1.29, 1.82) is 0 Å². The van der Waals surface area contributed by atoms with Crippen molar-refractivity contribution >= 4 is 39.5 Å². The SMILES string of the molecule is CC(C)(C)OC(=O)N(c1ccc2ncc(Br)n2c1)C1CCCN(C(=O)O)[C@@H]1C(C)(C)C. The van der Waals surface area contributed by atoms with Crippen molar-refractivity contribution in [2.24, 2.45) is 5.41 Å². The third-order valence-corrected chi connectivity index (χ3v) is 5.96. The van der Waals surface area contributed by atoms with Crippen molar-refractivity contribution in [2.75, 3.05) is 11.4 Å². The van der Waals surface area contributed by atoms with E-state index in [2.05, 4.69) is 20.9 Å². The largest absolute Gasteiger partial charge is 0.465 e. The van der Waals surface area contributed by atoms with E-state index in [1.807, 2.05) is 64.3 Å². The van der Waals surface area contributed by atoms with Crippen molar-refractivity contribution in [2.45, 2.75) is 72.1 Å². The molecular weight excluding hydrogens is 464 g/mol. The summed E-state index contributed by atoms with van der Waals surface area (Å²) in [6, 6.07) is 2.90. The summed E-state index contributed by atoms with van der Waals surface area (Å²) in [7, 11) is 0. The number of ether oxygens (including phenoxy) is 1. The van der Waals surface area contributed by atoms with Crippen LogP contribution in [0.3, 0.4) is 0 Å². The smallest absolute Gasteiger partial charge is 0.415 e. The van der Waals surface area contributed by atoms with Crippen LogP contribution in [0.4, 0.5) is 15.3 Å². The predicted molar refractivity (Wildman–Crippen MR) is 123 cm³/mol. The van der Waals surface area contributed by atoms with Crippen LogP contribution in [-0.4, -0.2) is 55.8 Å². The van der Waals surface area contributed by atoms with Gasteiger partial charge in [0.2, 0.25) is 0 Å². The first kappa shape index (κ1) is 23.4. The molecule has 0 radical (unpaired) electrons. The highest BCUT2D eigenvalue weighted by atomic mass is 79.9. The van der Waals surface area contributed by atoms with Gasteiger partial charge in [0.05, 0.1) is 24.0 Å². The lowest BCUT2D eigenvalue weighted by atomic mass is 9.77. The molecule has 0 aromatic carbocycles. The molecule has 1 unspecified atom stereocenters. The first-order valence-electron chi connectivity index (χ1n) is 10.4. The van der Waals surface area contributed by atoms with Crippen LogP contribution in [-0.2, 0) is 4.74 Å². The number of hydrogen-bond acceptors (Lipinski definition) is 4. The molecule has 1 fully saturated rings. The third-order valence-electron chi connectivity index (χ3n) is 5.38. The fraction of sp³-hybridized carbons (Fsp3) is 0.591. The lowest BCUT2D eigenvalue weighted by Gasteiger charge is -2.50. The normalized spacial score (nSPS) is 20.0. The zero-order valence-electron chi connectivity index (χ0n) is 18.9. The Kier molecular flexibility index (Phi) is 6.28. The van der Waals surface area contributed by atoms with Crippen molar-refractivity contribution < 1.29 is 19.4 Å². The average molecular weight is 495 g/mol. The maximum absolute atomic E-state index is 13.5. The van der Waals surface area contributed by atoms with Gasteiger partial charge in [0.15, 0.2) is 0 Å². The molecule has 2 aromatic heterocycles. The number of pyridine rings is 1. The number of imidazole rings is 1. The molecule has 2 aromatic rings. The van der Waals surface area contributed by atoms with Crippen LogP contribution >= 0.6 is 15.9 Å². The molecular formula is C22H31BrN4O4. The molecule has 31 heavy (non-hydrogen) atoms. The van der Waals surface area contributed by atoms with E-state index in [-0.39, 0.29) is 11.5 Å². The number of nitrogens with zero attached hydrogens (tertiary/aromatic N) is 4. The van der Waals surface area contributed by atoms with Gasteiger partial charge in [-0.2, -0.15) is 0 Å². The average Bonchev–Trinajstić information content (AvgIpc) is 3.00. The minimum absolute atomic E-state index is 0.376. The lowest BCUT2D eigenvalue weighted by molar-refractivity contribution is 0.0311. The minimum Gasteiger partial charge on any atom is -0.465 e. The number of amides is 2. The Morgan fingerprint density at radius 2 is 1.90 bits per heavy atom. The van der Waals surface area contributed by atoms with E-state index in [4.69, 9.17) is 4.74 Å². The Balaban J connectivity index is 2.14. The zero-order valence-corrected chi connectivity index (χ0v) is 20.5. The van der Waals surface area contributed by atoms with Gasteiger partial charge in [-0.05, 0) is 67.1 Å². The molecule has 3 rings (SSSR count). The molecule has 1 aliphatic rings. The summed E-state index contributed by atoms with van der Waals surface area (Å²) in [6.07, 6.45) is 3.40. The van der Waals surface area contributed by atoms with Gasteiger partial charge in [-0.25, -0.2) is 14.6 Å². The second kappa shape index (κ2) is 8.33. The Hall–Kier alpha value is -2.29. The van der Waals surface area contributed by atoms with Crippen LogP contribution in [0.1, 0.15) is 54.4 Å². The number of carboxylic acid groups (broad SMARTS) is 1. The highest BCUT2D eigenvalue weighted by molar-refractivity contribution is 9.10. The molecule has 0 bridgehead atoms. The quantitative estimate of drug-likeness (QED) is 0.603. The van der Waals surface area contributed by atoms with Gasteiger partial charge in [-0.15, -0.1) is 0 Å². The number of piperidine rings is 1. The lowest BCUT2D eigenvalue weighted by Crippen LogP contribution is -2.63. The van der Waals surface area contributed by atoms with E-state index < -0.39 is 23.8 Å². The Morgan fingerprint density at radius 3 is 2.48 bits per heavy atom. The Morgan fingerprint density at radius 1 is 1.23 bits per heavy atom. The fourth-order valence-corrected chi connectivity index (χ4v) is 4.72. The molecule has 8 nitrogen and oxygen atoms in total. The highest BCUT2D eigenvalue weighted by Gasteiger charge is 2.46. The van der Waals surface area contributed by atoms with Crippen molar-refractivity contribution in [3.63, 3.8) is 0 Å². The summed E-state index contributed by atoms with van der Waals surface area (Å²) in [4.78, 5) is 33.0. The molecule has 2 atom stereocenters. The number of rotatable bonds is 2. The summed E-state index contributed by atoms with van der Waals surface area (Å²) in [6.45, 7) is 11.9. The second-order valence-electron chi connectivity index (χ2n) is 10.0. The summed E-state index contributed by atoms with van der Waals surface area (Å²) in [5, 5.41) is 9.89. The zero-order chi connectivity index (χ0) is 23.1. The fourth-order valence-electron chi connectivity index (χ4n) is 4.33. The molecule has 0 aliphatic carbocycles. The number of fused-ring (bicyclic) bond motifs is 1. The highest BCUT2D eigenvalue weighted by Crippen LogP contribution is 2.37. The number of likely N-dealkylation sites (tertiary alicyclic amines) is 1. The summed E-state index contributed by atoms with van der Waals surface area (Å²) >= 11 is 3.48. The maximum atomic E-state index is 13.5. The monoisotopic (exact) mass is 494 g/mol. The number of carbonyl (C=O) groups is 2. The van der Waals surface area contributed by atoms with E-state index in [0.717, 1.165) is 10.3 Å². The van der Waals surface area contributed by atoms with Gasteiger partial charge < -0.3 is 14.7 Å². The van der Waals surface area contributed by atoms with Gasteiger partial charge >= 0.3 is 12.2 Å². The number of carbonyl (C=O) groups excluding carboxylic acids is 1. The first-order valence-corrected chi connectivity index (χ1v) is 11.2. The van der Waals surface area contributed by atoms with Gasteiger partial charge in [0, 0.05) is 12.7 Å². The van der Waals surface area contributed by atoms with Crippen molar-refractivity contribution in [1.82, 2.24) is 14.3 Å². The maximum Gasteiger partial charge on any atom is 0.415 e. The molecule has 9 heteroatoms. The van der Waals surface area contributed by atoms with Crippen molar-refractivity contribution in [3.8, 4) is 0 Å². The van der Waals surface area contributed by atoms with Crippen LogP contribution in [0.25, 0.3) is 5.65 Å². The van der Waals surface area contributed by atoms with E-state index in [1.54, 1.807) is 11.1 Å². The van der Waals surface area contributed by atoms with E-state index in [9.17, 15) is 14.7 Å². The van der Waals surface area contributed by atoms with Gasteiger partial charge in [0.1, 0.15) is 15.9 Å². The van der Waals surface area contributed by atoms with E-state index in [0.29, 0.717) is 25.1 Å². The predicted octanol–water partition coefficient (Wildman–Crippen LogP) is 5.40. The molecule has 1 N–H and O–H groups in total. The number of anilines is 1. The molecule has 170 valence electrons. The summed E-state index contributed by atoms with van der Waals surface area (Å²) < 4.78 is 8.38. The third kappa shape index (κ3) is 4.97. The summed E-state index contributed by atoms with van der Waals surface area (Å²) in [5.74, 6) is 0. The Bertz CT molecular complexity index is 976.